The van der Waals surface area contributed by atoms with Crippen LogP contribution in [0.15, 0.2) is 60.0 Å². The highest BCUT2D eigenvalue weighted by Gasteiger charge is 2.27. The Morgan fingerprint density at radius 1 is 1.00 bits per heavy atom. The molecule has 1 aliphatic carbocycles. The molecule has 0 spiro atoms. The molecule has 144 valence electrons. The molecule has 1 N–H and O–H groups in total. The Kier molecular flexibility index (Phi) is 6.31. The van der Waals surface area contributed by atoms with Crippen molar-refractivity contribution in [3.63, 3.8) is 0 Å². The summed E-state index contributed by atoms with van der Waals surface area (Å²) in [5.41, 5.74) is 2.17. The summed E-state index contributed by atoms with van der Waals surface area (Å²) in [5, 5.41) is 0. The van der Waals surface area contributed by atoms with Crippen molar-refractivity contribution in [1.29, 1.82) is 0 Å². The fraction of sp³-hybridized carbons (Fsp3) is 0.333. The average molecular weight is 388 g/mol. The van der Waals surface area contributed by atoms with Crippen LogP contribution >= 0.6 is 0 Å². The van der Waals surface area contributed by atoms with E-state index in [1.54, 1.807) is 12.1 Å². The SMILES string of the molecule is C=Cc1ccc(COC2CCCCC2Oc2ccc(S(=O)(=O)O)cc2)cc1. The molecule has 0 aliphatic heterocycles. The molecule has 0 radical (unpaired) electrons. The Morgan fingerprint density at radius 2 is 1.63 bits per heavy atom. The zero-order valence-electron chi connectivity index (χ0n) is 15.1. The molecule has 2 aromatic rings. The molecule has 0 amide bonds. The highest BCUT2D eigenvalue weighted by Crippen LogP contribution is 2.27. The van der Waals surface area contributed by atoms with Crippen LogP contribution in [0.5, 0.6) is 5.75 Å². The van der Waals surface area contributed by atoms with Gasteiger partial charge in [0.25, 0.3) is 10.1 Å². The Morgan fingerprint density at radius 3 is 2.22 bits per heavy atom. The summed E-state index contributed by atoms with van der Waals surface area (Å²) in [5.74, 6) is 0.568. The number of hydrogen-bond acceptors (Lipinski definition) is 4. The van der Waals surface area contributed by atoms with Gasteiger partial charge in [0, 0.05) is 0 Å². The summed E-state index contributed by atoms with van der Waals surface area (Å²) in [6.45, 7) is 4.27. The van der Waals surface area contributed by atoms with Crippen molar-refractivity contribution in [2.75, 3.05) is 0 Å². The molecule has 27 heavy (non-hydrogen) atoms. The maximum absolute atomic E-state index is 11.1. The molecule has 0 aromatic heterocycles. The van der Waals surface area contributed by atoms with Crippen LogP contribution in [0.3, 0.4) is 0 Å². The summed E-state index contributed by atoms with van der Waals surface area (Å²) in [6.07, 6.45) is 5.70. The Bertz CT molecular complexity index is 856. The number of rotatable bonds is 7. The molecular weight excluding hydrogens is 364 g/mol. The van der Waals surface area contributed by atoms with Gasteiger partial charge in [-0.2, -0.15) is 8.42 Å². The molecule has 1 fully saturated rings. The van der Waals surface area contributed by atoms with Crippen molar-refractivity contribution >= 4 is 16.2 Å². The summed E-state index contributed by atoms with van der Waals surface area (Å²) >= 11 is 0. The first-order chi connectivity index (χ1) is 13.0. The molecule has 3 rings (SSSR count). The second kappa shape index (κ2) is 8.69. The molecule has 0 saturated heterocycles. The lowest BCUT2D eigenvalue weighted by molar-refractivity contribution is -0.0554. The van der Waals surface area contributed by atoms with Crippen LogP contribution in [0.2, 0.25) is 0 Å². The van der Waals surface area contributed by atoms with Crippen LogP contribution in [-0.2, 0) is 21.5 Å². The molecule has 5 nitrogen and oxygen atoms in total. The zero-order valence-corrected chi connectivity index (χ0v) is 15.9. The van der Waals surface area contributed by atoms with Crippen LogP contribution in [0.1, 0.15) is 36.8 Å². The molecule has 2 unspecified atom stereocenters. The van der Waals surface area contributed by atoms with Gasteiger partial charge in [0.15, 0.2) is 0 Å². The van der Waals surface area contributed by atoms with Crippen molar-refractivity contribution in [2.45, 2.75) is 49.4 Å². The molecule has 0 heterocycles. The second-order valence-electron chi connectivity index (χ2n) is 6.68. The van der Waals surface area contributed by atoms with Crippen molar-refractivity contribution in [1.82, 2.24) is 0 Å². The lowest BCUT2D eigenvalue weighted by Gasteiger charge is -2.32. The Balaban J connectivity index is 1.61. The van der Waals surface area contributed by atoms with Crippen molar-refractivity contribution < 1.29 is 22.4 Å². The molecule has 1 aliphatic rings. The standard InChI is InChI=1S/C21H24O5S/c1-2-16-7-9-17(10-8-16)15-25-20-5-3-4-6-21(20)26-18-11-13-19(14-12-18)27(22,23)24/h2,7-14,20-21H,1,3-6,15H2,(H,22,23,24). The monoisotopic (exact) mass is 388 g/mol. The van der Waals surface area contributed by atoms with Gasteiger partial charge < -0.3 is 9.47 Å². The summed E-state index contributed by atoms with van der Waals surface area (Å²) in [4.78, 5) is -0.144. The van der Waals surface area contributed by atoms with E-state index in [1.165, 1.54) is 12.1 Å². The highest BCUT2D eigenvalue weighted by molar-refractivity contribution is 7.85. The van der Waals surface area contributed by atoms with E-state index in [0.717, 1.165) is 36.8 Å². The number of ether oxygens (including phenoxy) is 2. The third-order valence-corrected chi connectivity index (χ3v) is 5.60. The van der Waals surface area contributed by atoms with Gasteiger partial charge in [-0.3, -0.25) is 4.55 Å². The Labute approximate surface area is 160 Å². The molecule has 2 aromatic carbocycles. The van der Waals surface area contributed by atoms with E-state index in [0.29, 0.717) is 12.4 Å². The minimum Gasteiger partial charge on any atom is -0.488 e. The smallest absolute Gasteiger partial charge is 0.294 e. The molecular formula is C21H24O5S. The van der Waals surface area contributed by atoms with E-state index in [1.807, 2.05) is 30.3 Å². The normalized spacial score (nSPS) is 20.2. The van der Waals surface area contributed by atoms with E-state index in [-0.39, 0.29) is 17.1 Å². The van der Waals surface area contributed by atoms with Crippen LogP contribution in [0.25, 0.3) is 6.08 Å². The largest absolute Gasteiger partial charge is 0.488 e. The maximum Gasteiger partial charge on any atom is 0.294 e. The fourth-order valence-corrected chi connectivity index (χ4v) is 3.69. The minimum absolute atomic E-state index is 0.0147. The molecule has 2 atom stereocenters. The molecule has 6 heteroatoms. The summed E-state index contributed by atoms with van der Waals surface area (Å²) in [6, 6.07) is 13.9. The first kappa shape index (κ1) is 19.6. The topological polar surface area (TPSA) is 72.8 Å². The van der Waals surface area contributed by atoms with Crippen molar-refractivity contribution in [2.24, 2.45) is 0 Å². The number of hydrogen-bond donors (Lipinski definition) is 1. The molecule has 0 bridgehead atoms. The zero-order chi connectivity index (χ0) is 19.3. The third kappa shape index (κ3) is 5.42. The van der Waals surface area contributed by atoms with Gasteiger partial charge in [0.1, 0.15) is 11.9 Å². The van der Waals surface area contributed by atoms with Gasteiger partial charge >= 0.3 is 0 Å². The first-order valence-electron chi connectivity index (χ1n) is 9.03. The van der Waals surface area contributed by atoms with Crippen molar-refractivity contribution in [3.8, 4) is 5.75 Å². The lowest BCUT2D eigenvalue weighted by Crippen LogP contribution is -2.36. The Hall–Kier alpha value is -2.15. The summed E-state index contributed by atoms with van der Waals surface area (Å²) in [7, 11) is -4.19. The van der Waals surface area contributed by atoms with Crippen LogP contribution in [0.4, 0.5) is 0 Å². The van der Waals surface area contributed by atoms with Crippen LogP contribution < -0.4 is 4.74 Å². The predicted molar refractivity (Wildman–Crippen MR) is 104 cm³/mol. The molecule has 1 saturated carbocycles. The second-order valence-corrected chi connectivity index (χ2v) is 8.10. The maximum atomic E-state index is 11.1. The minimum atomic E-state index is -4.19. The average Bonchev–Trinajstić information content (AvgIpc) is 2.67. The quantitative estimate of drug-likeness (QED) is 0.708. The van der Waals surface area contributed by atoms with Gasteiger partial charge in [0.05, 0.1) is 17.6 Å². The van der Waals surface area contributed by atoms with E-state index in [9.17, 15) is 8.42 Å². The fourth-order valence-electron chi connectivity index (χ4n) is 3.21. The summed E-state index contributed by atoms with van der Waals surface area (Å²) < 4.78 is 43.5. The van der Waals surface area contributed by atoms with E-state index in [2.05, 4.69) is 6.58 Å². The van der Waals surface area contributed by atoms with Gasteiger partial charge in [-0.15, -0.1) is 0 Å². The van der Waals surface area contributed by atoms with Crippen molar-refractivity contribution in [3.05, 3.63) is 66.2 Å². The lowest BCUT2D eigenvalue weighted by atomic mass is 9.94. The predicted octanol–water partition coefficient (Wildman–Crippen LogP) is 4.48. The van der Waals surface area contributed by atoms with Gasteiger partial charge in [-0.25, -0.2) is 0 Å². The van der Waals surface area contributed by atoms with Gasteiger partial charge in [-0.05, 0) is 54.7 Å². The number of benzene rings is 2. The van der Waals surface area contributed by atoms with Crippen LogP contribution in [0, 0.1) is 0 Å². The van der Waals surface area contributed by atoms with E-state index in [4.69, 9.17) is 14.0 Å². The van der Waals surface area contributed by atoms with E-state index >= 15 is 0 Å². The first-order valence-corrected chi connectivity index (χ1v) is 10.5. The third-order valence-electron chi connectivity index (χ3n) is 4.73. The van der Waals surface area contributed by atoms with E-state index < -0.39 is 10.1 Å². The highest BCUT2D eigenvalue weighted by atomic mass is 32.2. The van der Waals surface area contributed by atoms with Gasteiger partial charge in [-0.1, -0.05) is 43.3 Å². The van der Waals surface area contributed by atoms with Crippen LogP contribution in [-0.4, -0.2) is 25.2 Å². The van der Waals surface area contributed by atoms with Gasteiger partial charge in [0.2, 0.25) is 0 Å².